The molecule has 0 saturated carbocycles. The average Bonchev–Trinajstić information content (AvgIpc) is 3.10. The van der Waals surface area contributed by atoms with Gasteiger partial charge in [0.15, 0.2) is 11.5 Å². The molecule has 0 radical (unpaired) electrons. The molecule has 1 N–H and O–H groups in total. The summed E-state index contributed by atoms with van der Waals surface area (Å²) in [4.78, 5) is 16.3. The van der Waals surface area contributed by atoms with Crippen LogP contribution in [0.25, 0.3) is 0 Å². The summed E-state index contributed by atoms with van der Waals surface area (Å²) in [7, 11) is 3.01. The fourth-order valence-electron chi connectivity index (χ4n) is 2.59. The number of alkyl halides is 2. The van der Waals surface area contributed by atoms with Crippen molar-refractivity contribution >= 4 is 5.91 Å². The minimum atomic E-state index is -2.66. The second-order valence-corrected chi connectivity index (χ2v) is 5.40. The number of methoxy groups -OCH3 is 2. The number of hydrogen-bond acceptors (Lipinski definition) is 4. The molecule has 6 nitrogen and oxygen atoms in total. The van der Waals surface area contributed by atoms with Gasteiger partial charge in [0.05, 0.1) is 14.2 Å². The first kappa shape index (κ1) is 19.4. The summed E-state index contributed by atoms with van der Waals surface area (Å²) in [5.41, 5.74) is 1.15. The third-order valence-electron chi connectivity index (χ3n) is 3.78. The Morgan fingerprint density at radius 1 is 1.38 bits per heavy atom. The second kappa shape index (κ2) is 8.98. The van der Waals surface area contributed by atoms with Crippen LogP contribution in [0.2, 0.25) is 0 Å². The molecule has 1 aromatic carbocycles. The minimum Gasteiger partial charge on any atom is -0.493 e. The topological polar surface area (TPSA) is 65.4 Å². The van der Waals surface area contributed by atoms with E-state index in [1.54, 1.807) is 18.2 Å². The Morgan fingerprint density at radius 3 is 2.77 bits per heavy atom. The molecule has 0 unspecified atom stereocenters. The molecule has 26 heavy (non-hydrogen) atoms. The summed E-state index contributed by atoms with van der Waals surface area (Å²) in [5, 5.41) is 2.70. The number of carbonyl (C=O) groups is 1. The molecular weight excluding hydrogens is 344 g/mol. The maximum Gasteiger partial charge on any atom is 0.319 e. The Bertz CT molecular complexity index is 775. The molecule has 1 heterocycles. The predicted octanol–water partition coefficient (Wildman–Crippen LogP) is 3.00. The van der Waals surface area contributed by atoms with Crippen LogP contribution in [0.3, 0.4) is 0 Å². The highest BCUT2D eigenvalue weighted by atomic mass is 19.3. The van der Waals surface area contributed by atoms with Crippen LogP contribution in [0.1, 0.15) is 28.3 Å². The molecule has 140 valence electrons. The number of benzene rings is 1. The molecule has 0 aliphatic heterocycles. The van der Waals surface area contributed by atoms with Crippen LogP contribution >= 0.6 is 0 Å². The van der Waals surface area contributed by atoms with Crippen molar-refractivity contribution in [2.24, 2.45) is 0 Å². The third kappa shape index (κ3) is 4.38. The Hall–Kier alpha value is -2.90. The number of ether oxygens (including phenoxy) is 2. The van der Waals surface area contributed by atoms with Gasteiger partial charge >= 0.3 is 6.55 Å². The Kier molecular flexibility index (Phi) is 6.71. The van der Waals surface area contributed by atoms with Crippen molar-refractivity contribution in [1.29, 1.82) is 0 Å². The number of amides is 1. The zero-order valence-electron chi connectivity index (χ0n) is 14.7. The Morgan fingerprint density at radius 2 is 2.15 bits per heavy atom. The highest BCUT2D eigenvalue weighted by Gasteiger charge is 2.16. The Labute approximate surface area is 150 Å². The van der Waals surface area contributed by atoms with E-state index in [1.807, 2.05) is 0 Å². The van der Waals surface area contributed by atoms with Gasteiger partial charge in [-0.15, -0.1) is 6.58 Å². The van der Waals surface area contributed by atoms with Crippen LogP contribution < -0.4 is 14.8 Å². The van der Waals surface area contributed by atoms with Crippen molar-refractivity contribution in [3.05, 3.63) is 54.1 Å². The van der Waals surface area contributed by atoms with E-state index in [0.717, 1.165) is 10.1 Å². The molecule has 0 spiro atoms. The van der Waals surface area contributed by atoms with Crippen molar-refractivity contribution in [3.63, 3.8) is 0 Å². The molecule has 2 aromatic rings. The second-order valence-electron chi connectivity index (χ2n) is 5.40. The fourth-order valence-corrected chi connectivity index (χ4v) is 2.59. The molecule has 2 rings (SSSR count). The monoisotopic (exact) mass is 365 g/mol. The fraction of sp³-hybridized carbons (Fsp3) is 0.333. The first-order chi connectivity index (χ1) is 12.5. The lowest BCUT2D eigenvalue weighted by molar-refractivity contribution is 0.0670. The van der Waals surface area contributed by atoms with E-state index < -0.39 is 6.55 Å². The SMILES string of the molecule is C=CCc1cc(C(=O)NCCc2nccn2C(F)F)cc(OC)c1OC. The van der Waals surface area contributed by atoms with Crippen LogP contribution in [0.4, 0.5) is 8.78 Å². The normalized spacial score (nSPS) is 10.7. The van der Waals surface area contributed by atoms with Crippen LogP contribution in [0, 0.1) is 0 Å². The molecule has 0 aliphatic rings. The van der Waals surface area contributed by atoms with Crippen molar-refractivity contribution < 1.29 is 23.0 Å². The number of halogens is 2. The quantitative estimate of drug-likeness (QED) is 0.694. The average molecular weight is 365 g/mol. The molecule has 0 bridgehead atoms. The van der Waals surface area contributed by atoms with Gasteiger partial charge in [0.2, 0.25) is 0 Å². The molecule has 0 saturated heterocycles. The van der Waals surface area contributed by atoms with Gasteiger partial charge in [-0.3, -0.25) is 9.36 Å². The highest BCUT2D eigenvalue weighted by Crippen LogP contribution is 2.33. The van der Waals surface area contributed by atoms with E-state index in [4.69, 9.17) is 9.47 Å². The summed E-state index contributed by atoms with van der Waals surface area (Å²) in [6.07, 6.45) is 4.91. The van der Waals surface area contributed by atoms with Gasteiger partial charge in [-0.2, -0.15) is 8.78 Å². The van der Waals surface area contributed by atoms with E-state index in [1.165, 1.54) is 26.6 Å². The summed E-state index contributed by atoms with van der Waals surface area (Å²) in [6, 6.07) is 3.26. The van der Waals surface area contributed by atoms with Crippen molar-refractivity contribution in [1.82, 2.24) is 14.9 Å². The lowest BCUT2D eigenvalue weighted by Crippen LogP contribution is -2.26. The number of nitrogens with one attached hydrogen (secondary N) is 1. The van der Waals surface area contributed by atoms with E-state index in [2.05, 4.69) is 16.9 Å². The number of aromatic nitrogens is 2. The molecule has 0 aliphatic carbocycles. The zero-order chi connectivity index (χ0) is 19.1. The van der Waals surface area contributed by atoms with Gasteiger partial charge in [0.25, 0.3) is 5.91 Å². The number of rotatable bonds is 9. The van der Waals surface area contributed by atoms with Gasteiger partial charge in [-0.1, -0.05) is 6.08 Å². The van der Waals surface area contributed by atoms with Crippen molar-refractivity contribution in [2.45, 2.75) is 19.4 Å². The molecule has 0 fully saturated rings. The van der Waals surface area contributed by atoms with Gasteiger partial charge < -0.3 is 14.8 Å². The Balaban J connectivity index is 2.10. The van der Waals surface area contributed by atoms with E-state index in [9.17, 15) is 13.6 Å². The third-order valence-corrected chi connectivity index (χ3v) is 3.78. The maximum absolute atomic E-state index is 12.8. The smallest absolute Gasteiger partial charge is 0.319 e. The van der Waals surface area contributed by atoms with Crippen molar-refractivity contribution in [3.8, 4) is 11.5 Å². The summed E-state index contributed by atoms with van der Waals surface area (Å²) in [5.74, 6) is 0.847. The van der Waals surface area contributed by atoms with Gasteiger partial charge in [0.1, 0.15) is 5.82 Å². The lowest BCUT2D eigenvalue weighted by atomic mass is 10.0. The van der Waals surface area contributed by atoms with Crippen LogP contribution in [-0.4, -0.2) is 36.2 Å². The maximum atomic E-state index is 12.8. The van der Waals surface area contributed by atoms with Gasteiger partial charge in [-0.25, -0.2) is 4.98 Å². The predicted molar refractivity (Wildman–Crippen MR) is 93.0 cm³/mol. The lowest BCUT2D eigenvalue weighted by Gasteiger charge is -2.14. The summed E-state index contributed by atoms with van der Waals surface area (Å²) >= 11 is 0. The van der Waals surface area contributed by atoms with Crippen LogP contribution in [0.5, 0.6) is 11.5 Å². The number of hydrogen-bond donors (Lipinski definition) is 1. The minimum absolute atomic E-state index is 0.174. The summed E-state index contributed by atoms with van der Waals surface area (Å²) < 4.78 is 37.0. The van der Waals surface area contributed by atoms with Gasteiger partial charge in [0, 0.05) is 36.5 Å². The number of nitrogens with zero attached hydrogens (tertiary/aromatic N) is 2. The first-order valence-corrected chi connectivity index (χ1v) is 7.95. The number of carbonyl (C=O) groups excluding carboxylic acids is 1. The van der Waals surface area contributed by atoms with Gasteiger partial charge in [-0.05, 0) is 18.6 Å². The van der Waals surface area contributed by atoms with E-state index in [-0.39, 0.29) is 24.7 Å². The molecule has 0 atom stereocenters. The van der Waals surface area contributed by atoms with E-state index in [0.29, 0.717) is 23.5 Å². The summed E-state index contributed by atoms with van der Waals surface area (Å²) in [6.45, 7) is 1.21. The standard InChI is InChI=1S/C18H21F2N3O3/c1-4-5-12-10-13(11-14(25-2)16(12)26-3)17(24)22-7-6-15-21-8-9-23(15)18(19)20/h4,8-11,18H,1,5-7H2,2-3H3,(H,22,24). The first-order valence-electron chi connectivity index (χ1n) is 7.95. The molecule has 1 aromatic heterocycles. The zero-order valence-corrected chi connectivity index (χ0v) is 14.7. The molecule has 1 amide bonds. The number of allylic oxidation sites excluding steroid dienone is 1. The molecule has 8 heteroatoms. The highest BCUT2D eigenvalue weighted by molar-refractivity contribution is 5.95. The largest absolute Gasteiger partial charge is 0.493 e. The van der Waals surface area contributed by atoms with Crippen LogP contribution in [0.15, 0.2) is 37.2 Å². The van der Waals surface area contributed by atoms with Crippen molar-refractivity contribution in [2.75, 3.05) is 20.8 Å². The van der Waals surface area contributed by atoms with Crippen LogP contribution in [-0.2, 0) is 12.8 Å². The number of imidazole rings is 1. The molecular formula is C18H21F2N3O3. The van der Waals surface area contributed by atoms with E-state index >= 15 is 0 Å².